The van der Waals surface area contributed by atoms with Gasteiger partial charge in [-0.15, -0.1) is 0 Å². The molecule has 1 aromatic carbocycles. The largest absolute Gasteiger partial charge is 0.508 e. The van der Waals surface area contributed by atoms with E-state index in [9.17, 15) is 54.3 Å². The molecule has 1 aromatic rings. The van der Waals surface area contributed by atoms with Crippen LogP contribution in [0, 0.1) is 48.3 Å². The number of aliphatic hydroxyl groups is 4. The van der Waals surface area contributed by atoms with Gasteiger partial charge in [0.2, 0.25) is 17.7 Å². The molecule has 2 saturated heterocycles. The van der Waals surface area contributed by atoms with E-state index in [1.807, 2.05) is 65.8 Å². The number of aryl methyl sites for hydroxylation is 1. The van der Waals surface area contributed by atoms with Gasteiger partial charge >= 0.3 is 5.97 Å². The lowest BCUT2D eigenvalue weighted by Crippen LogP contribution is -2.62. The van der Waals surface area contributed by atoms with Crippen LogP contribution < -0.4 is 21.4 Å². The number of benzene rings is 1. The number of nitrogens with zero attached hydrogens (tertiary/aromatic N) is 1. The molecule has 9 N–H and O–H groups in total. The number of hydrogen-bond donors (Lipinski definition) is 9. The number of aromatic hydroxyl groups is 1. The summed E-state index contributed by atoms with van der Waals surface area (Å²) in [4.78, 5) is 81.8. The number of amides is 4. The average molecular weight is 1090 g/mol. The number of carbonyl (C=O) groups is 6. The van der Waals surface area contributed by atoms with Crippen LogP contribution in [-0.4, -0.2) is 121 Å². The number of Topliss-reactive ketones (excluding diaryl/α,β-unsaturated/α-hetero) is 1. The molecule has 0 aromatic heterocycles. The van der Waals surface area contributed by atoms with Crippen LogP contribution in [0.25, 0.3) is 0 Å². The van der Waals surface area contributed by atoms with Crippen molar-refractivity contribution in [1.29, 1.82) is 0 Å². The Balaban J connectivity index is 1.54. The summed E-state index contributed by atoms with van der Waals surface area (Å²) in [5.74, 6) is -5.60. The fourth-order valence-corrected chi connectivity index (χ4v) is 10.4. The normalized spacial score (nSPS) is 30.8. The number of ketones is 1. The van der Waals surface area contributed by atoms with Gasteiger partial charge in [0.05, 0.1) is 24.2 Å². The smallest absolute Gasteiger partial charge is 0.325 e. The van der Waals surface area contributed by atoms with Crippen LogP contribution in [0.2, 0.25) is 0 Å². The first kappa shape index (κ1) is 65.1. The highest BCUT2D eigenvalue weighted by atomic mass is 16.5. The van der Waals surface area contributed by atoms with E-state index in [2.05, 4.69) is 21.4 Å². The molecule has 3 aliphatic heterocycles. The number of phenols is 1. The molecule has 2 fully saturated rings. The van der Waals surface area contributed by atoms with Crippen molar-refractivity contribution in [3.63, 3.8) is 0 Å². The summed E-state index contributed by atoms with van der Waals surface area (Å²) in [6, 6.07) is 1.60. The summed E-state index contributed by atoms with van der Waals surface area (Å²) >= 11 is 0. The monoisotopic (exact) mass is 1090 g/mol. The Bertz CT molecular complexity index is 2360. The zero-order valence-corrected chi connectivity index (χ0v) is 48.2. The molecular formula is C61H93N5O12. The highest BCUT2D eigenvalue weighted by Crippen LogP contribution is 2.35. The lowest BCUT2D eigenvalue weighted by Gasteiger charge is -2.42. The molecule has 10 unspecified atom stereocenters. The second-order valence-electron chi connectivity index (χ2n) is 23.0. The minimum Gasteiger partial charge on any atom is -0.508 e. The Morgan fingerprint density at radius 3 is 2.35 bits per heavy atom. The molecule has 0 radical (unpaired) electrons. The van der Waals surface area contributed by atoms with Crippen LogP contribution in [0.3, 0.4) is 0 Å². The second-order valence-corrected chi connectivity index (χ2v) is 23.0. The van der Waals surface area contributed by atoms with Crippen LogP contribution in [0.4, 0.5) is 0 Å². The molecule has 3 heterocycles. The maximum Gasteiger partial charge on any atom is 0.325 e. The van der Waals surface area contributed by atoms with Gasteiger partial charge in [0.15, 0.2) is 5.72 Å². The molecule has 78 heavy (non-hydrogen) atoms. The molecule has 2 bridgehead atoms. The average Bonchev–Trinajstić information content (AvgIpc) is 3.42. The summed E-state index contributed by atoms with van der Waals surface area (Å²) in [5, 5.41) is 65.7. The summed E-state index contributed by atoms with van der Waals surface area (Å²) < 4.78 is 6.19. The number of hydrogen-bond acceptors (Lipinski definition) is 13. The molecule has 0 saturated carbocycles. The van der Waals surface area contributed by atoms with E-state index in [0.29, 0.717) is 55.2 Å². The topological polar surface area (TPSA) is 264 Å². The Morgan fingerprint density at radius 2 is 1.68 bits per heavy atom. The van der Waals surface area contributed by atoms with Crippen molar-refractivity contribution in [2.45, 2.75) is 201 Å². The highest BCUT2D eigenvalue weighted by Gasteiger charge is 2.44. The lowest BCUT2D eigenvalue weighted by atomic mass is 9.77. The van der Waals surface area contributed by atoms with Gasteiger partial charge in [0.25, 0.3) is 5.91 Å². The number of ether oxygens (including phenoxy) is 1. The highest BCUT2D eigenvalue weighted by molar-refractivity contribution is 5.93. The third-order valence-electron chi connectivity index (χ3n) is 16.1. The van der Waals surface area contributed by atoms with Crippen molar-refractivity contribution in [3.05, 3.63) is 89.1 Å². The Kier molecular flexibility index (Phi) is 25.7. The maximum absolute atomic E-state index is 14.6. The van der Waals surface area contributed by atoms with Crippen molar-refractivity contribution in [2.24, 2.45) is 41.4 Å². The van der Waals surface area contributed by atoms with Crippen molar-refractivity contribution in [1.82, 2.24) is 26.4 Å². The molecule has 17 heteroatoms. The van der Waals surface area contributed by atoms with Gasteiger partial charge in [0, 0.05) is 43.6 Å². The van der Waals surface area contributed by atoms with Crippen LogP contribution in [-0.2, 0) is 39.9 Å². The van der Waals surface area contributed by atoms with E-state index >= 15 is 0 Å². The van der Waals surface area contributed by atoms with E-state index in [4.69, 9.17) is 4.74 Å². The summed E-state index contributed by atoms with van der Waals surface area (Å²) in [6.07, 6.45) is 15.2. The number of piperidine rings is 1. The molecule has 434 valence electrons. The lowest BCUT2D eigenvalue weighted by molar-refractivity contribution is -0.156. The SMILES string of the molecule is CCC1C[C@H](C)[C@@](O)(/C(C)=C\C(C)CCC(O)C(C)CC/C=C/C=C(\C)[C@@H]2C/C=C/C=C/[C@H](O)C(C)C(O)C(CCC(C)=O)C(=O)NC(C(C)C)C(=O)NC(Cc3ccc(C)c(O)c3)C(=O)N3CCCC(N3)C(=O)O2)NC1=O. The molecule has 4 amide bonds. The molecule has 0 spiro atoms. The van der Waals surface area contributed by atoms with Gasteiger partial charge < -0.3 is 51.0 Å². The number of esters is 1. The summed E-state index contributed by atoms with van der Waals surface area (Å²) in [6.45, 7) is 20.0. The number of carbonyl (C=O) groups excluding carboxylic acids is 6. The minimum atomic E-state index is -1.43. The first-order valence-electron chi connectivity index (χ1n) is 28.4. The number of rotatable bonds is 18. The van der Waals surface area contributed by atoms with E-state index in [1.54, 1.807) is 58.1 Å². The van der Waals surface area contributed by atoms with Crippen LogP contribution >= 0.6 is 0 Å². The number of nitrogens with one attached hydrogen (secondary N) is 4. The number of aliphatic hydroxyl groups excluding tert-OH is 3. The standard InChI is InChI=1S/C61H93N5O12/c1-12-46-33-42(9)61(77,64-56(46)72)41(8)32-37(4)25-30-50(68)38(5)20-15-13-16-21-40(7)53-24-18-14-17-23-51(69)44(11)55(71)47(29-27-43(10)67)57(73)63-54(36(2)3)58(74)62-49(34-45-28-26-39(6)52(70)35-45)59(75)66-31-19-22-48(65-66)60(76)78-53/h13-14,16-18,21,23,26,28,32,35-38,42,44,46-51,53-55,65,68-71,77H,12,15,19-20,22,24-25,27,29-31,33-34H2,1-11H3,(H,62,74)(H,63,73)(H,64,72)/b16-13+,18-14+,23-17+,40-21+,41-32-/t37?,38?,42-,44?,46?,47?,48?,49?,50?,51-,53-,54?,55?,61-/m0/s1. The molecule has 4 rings (SSSR count). The quantitative estimate of drug-likeness (QED) is 0.0424. The Morgan fingerprint density at radius 1 is 0.962 bits per heavy atom. The Hall–Kier alpha value is -5.46. The zero-order valence-electron chi connectivity index (χ0n) is 48.2. The van der Waals surface area contributed by atoms with Crippen molar-refractivity contribution in [2.75, 3.05) is 6.54 Å². The fraction of sp³-hybridized carbons (Fsp3) is 0.639. The predicted molar refractivity (Wildman–Crippen MR) is 301 cm³/mol. The predicted octanol–water partition coefficient (Wildman–Crippen LogP) is 6.65. The number of allylic oxidation sites excluding steroid dienone is 6. The van der Waals surface area contributed by atoms with Gasteiger partial charge in [-0.05, 0) is 132 Å². The van der Waals surface area contributed by atoms with Crippen LogP contribution in [0.15, 0.2) is 78.0 Å². The maximum atomic E-state index is 14.6. The van der Waals surface area contributed by atoms with Gasteiger partial charge in [-0.3, -0.25) is 29.0 Å². The van der Waals surface area contributed by atoms with Gasteiger partial charge in [-0.2, -0.15) is 0 Å². The molecule has 0 aliphatic carbocycles. The van der Waals surface area contributed by atoms with Crippen molar-refractivity contribution >= 4 is 35.4 Å². The van der Waals surface area contributed by atoms with Crippen LogP contribution in [0.1, 0.15) is 151 Å². The van der Waals surface area contributed by atoms with Crippen LogP contribution in [0.5, 0.6) is 5.75 Å². The minimum absolute atomic E-state index is 0.000120. The summed E-state index contributed by atoms with van der Waals surface area (Å²) in [5.41, 5.74) is 4.26. The van der Waals surface area contributed by atoms with E-state index in [0.717, 1.165) is 18.4 Å². The zero-order chi connectivity index (χ0) is 58.0. The summed E-state index contributed by atoms with van der Waals surface area (Å²) in [7, 11) is 0. The van der Waals surface area contributed by atoms with Crippen molar-refractivity contribution in [3.8, 4) is 5.75 Å². The molecule has 17 nitrogen and oxygen atoms in total. The fourth-order valence-electron chi connectivity index (χ4n) is 10.4. The number of phenolic OH excluding ortho intramolecular Hbond substituents is 1. The number of fused-ring (bicyclic) bond motifs is 2. The molecule has 14 atom stereocenters. The first-order valence-corrected chi connectivity index (χ1v) is 28.4. The van der Waals surface area contributed by atoms with E-state index in [1.165, 1.54) is 24.1 Å². The number of hydrazine groups is 1. The van der Waals surface area contributed by atoms with Gasteiger partial charge in [-0.25, -0.2) is 5.43 Å². The Labute approximate surface area is 463 Å². The van der Waals surface area contributed by atoms with E-state index < -0.39 is 89.7 Å². The second kappa shape index (κ2) is 30.8. The van der Waals surface area contributed by atoms with Crippen molar-refractivity contribution < 1.29 is 59.0 Å². The number of cyclic esters (lactones) is 1. The molecule has 3 aliphatic rings. The third kappa shape index (κ3) is 18.8. The van der Waals surface area contributed by atoms with E-state index in [-0.39, 0.29) is 73.3 Å². The van der Waals surface area contributed by atoms with Gasteiger partial charge in [-0.1, -0.05) is 109 Å². The first-order chi connectivity index (χ1) is 36.8. The van der Waals surface area contributed by atoms with Gasteiger partial charge in [0.1, 0.15) is 35.8 Å². The third-order valence-corrected chi connectivity index (χ3v) is 16.1. The molecular weight excluding hydrogens is 995 g/mol.